The van der Waals surface area contributed by atoms with Gasteiger partial charge in [0.1, 0.15) is 0 Å². The summed E-state index contributed by atoms with van der Waals surface area (Å²) in [6.07, 6.45) is 0.786. The summed E-state index contributed by atoms with van der Waals surface area (Å²) in [4.78, 5) is 1.15. The highest BCUT2D eigenvalue weighted by Gasteiger charge is 2.21. The van der Waals surface area contributed by atoms with Crippen molar-refractivity contribution in [2.45, 2.75) is 39.8 Å². The second-order valence-electron chi connectivity index (χ2n) is 4.43. The first kappa shape index (κ1) is 14.4. The Morgan fingerprint density at radius 1 is 1.37 bits per heavy atom. The molecule has 0 amide bonds. The third kappa shape index (κ3) is 2.80. The smallest absolute Gasteiger partial charge is 0.0847 e. The number of hydrogen-bond acceptors (Lipinski definition) is 5. The number of hydrogen-bond donors (Lipinski definition) is 1. The minimum Gasteiger partial charge on any atom is -0.312 e. The Balaban J connectivity index is 2.31. The first-order chi connectivity index (χ1) is 9.08. The molecule has 0 aliphatic heterocycles. The van der Waals surface area contributed by atoms with Crippen LogP contribution in [0, 0.1) is 13.8 Å². The van der Waals surface area contributed by atoms with Gasteiger partial charge in [-0.25, -0.2) is 0 Å². The zero-order valence-corrected chi connectivity index (χ0v) is 13.1. The molecule has 19 heavy (non-hydrogen) atoms. The summed E-state index contributed by atoms with van der Waals surface area (Å²) in [6, 6.07) is 0.166. The zero-order chi connectivity index (χ0) is 14.0. The summed E-state index contributed by atoms with van der Waals surface area (Å²) in [5.74, 6) is 0. The van der Waals surface area contributed by atoms with Crippen LogP contribution >= 0.6 is 23.1 Å². The highest BCUT2D eigenvalue weighted by atomic mass is 35.5. The molecule has 0 aromatic carbocycles. The SMILES string of the molecule is CCn1nc(C)c(Cl)c1CC(NC)c1snnc1C. The Labute approximate surface area is 122 Å². The molecule has 2 rings (SSSR count). The largest absolute Gasteiger partial charge is 0.312 e. The van der Waals surface area contributed by atoms with Crippen molar-refractivity contribution >= 4 is 23.1 Å². The van der Waals surface area contributed by atoms with Crippen LogP contribution in [-0.4, -0.2) is 26.4 Å². The number of aromatic nitrogens is 4. The molecule has 0 saturated carbocycles. The molecule has 2 aromatic heterocycles. The van der Waals surface area contributed by atoms with Crippen LogP contribution in [0.4, 0.5) is 0 Å². The molecule has 0 fully saturated rings. The van der Waals surface area contributed by atoms with Crippen LogP contribution in [0.1, 0.15) is 34.9 Å². The summed E-state index contributed by atoms with van der Waals surface area (Å²) in [6.45, 7) is 6.80. The molecule has 104 valence electrons. The monoisotopic (exact) mass is 299 g/mol. The Hall–Kier alpha value is -0.980. The summed E-state index contributed by atoms with van der Waals surface area (Å²) in [5, 5.41) is 12.6. The molecule has 2 aromatic rings. The zero-order valence-electron chi connectivity index (χ0n) is 11.6. The molecule has 0 radical (unpaired) electrons. The van der Waals surface area contributed by atoms with Crippen LogP contribution in [0.2, 0.25) is 5.02 Å². The van der Waals surface area contributed by atoms with E-state index in [2.05, 4.69) is 26.9 Å². The molecule has 1 atom stereocenters. The van der Waals surface area contributed by atoms with Gasteiger partial charge in [0.2, 0.25) is 0 Å². The standard InChI is InChI=1S/C12H18ClN5S/c1-5-18-10(11(13)7(2)16-18)6-9(14-4)12-8(3)15-17-19-12/h9,14H,5-6H2,1-4H3. The van der Waals surface area contributed by atoms with E-state index in [1.807, 2.05) is 25.6 Å². The molecular formula is C12H18ClN5S. The van der Waals surface area contributed by atoms with Crippen molar-refractivity contribution in [2.24, 2.45) is 0 Å². The summed E-state index contributed by atoms with van der Waals surface area (Å²) in [5.41, 5.74) is 2.92. The maximum atomic E-state index is 6.36. The van der Waals surface area contributed by atoms with Crippen LogP contribution < -0.4 is 5.32 Å². The van der Waals surface area contributed by atoms with Crippen molar-refractivity contribution in [1.82, 2.24) is 24.7 Å². The molecule has 0 aliphatic rings. The molecule has 2 heterocycles. The van der Waals surface area contributed by atoms with Gasteiger partial charge in [-0.1, -0.05) is 16.1 Å². The number of aryl methyl sites for hydroxylation is 3. The van der Waals surface area contributed by atoms with Crippen LogP contribution in [0.3, 0.4) is 0 Å². The number of halogens is 1. The topological polar surface area (TPSA) is 55.6 Å². The normalized spacial score (nSPS) is 12.9. The summed E-state index contributed by atoms with van der Waals surface area (Å²) < 4.78 is 5.96. The summed E-state index contributed by atoms with van der Waals surface area (Å²) >= 11 is 7.79. The second kappa shape index (κ2) is 5.98. The lowest BCUT2D eigenvalue weighted by Gasteiger charge is -2.15. The third-order valence-electron chi connectivity index (χ3n) is 3.20. The van der Waals surface area contributed by atoms with E-state index in [1.165, 1.54) is 11.5 Å². The van der Waals surface area contributed by atoms with Crippen molar-refractivity contribution < 1.29 is 0 Å². The van der Waals surface area contributed by atoms with Crippen LogP contribution in [0.25, 0.3) is 0 Å². The van der Waals surface area contributed by atoms with E-state index < -0.39 is 0 Å². The minimum absolute atomic E-state index is 0.166. The molecule has 0 spiro atoms. The van der Waals surface area contributed by atoms with Gasteiger partial charge in [0.15, 0.2) is 0 Å². The van der Waals surface area contributed by atoms with Gasteiger partial charge < -0.3 is 5.32 Å². The fourth-order valence-corrected chi connectivity index (χ4v) is 3.11. The van der Waals surface area contributed by atoms with Crippen molar-refractivity contribution in [3.63, 3.8) is 0 Å². The third-order valence-corrected chi connectivity index (χ3v) is 4.63. The average molecular weight is 300 g/mol. The number of nitrogens with zero attached hydrogens (tertiary/aromatic N) is 4. The average Bonchev–Trinajstić information content (AvgIpc) is 2.93. The molecule has 7 heteroatoms. The van der Waals surface area contributed by atoms with E-state index in [0.717, 1.165) is 39.9 Å². The Kier molecular flexibility index (Phi) is 4.54. The van der Waals surface area contributed by atoms with Gasteiger partial charge in [-0.15, -0.1) is 5.10 Å². The van der Waals surface area contributed by atoms with Gasteiger partial charge in [-0.2, -0.15) is 5.10 Å². The van der Waals surface area contributed by atoms with Crippen molar-refractivity contribution in [2.75, 3.05) is 7.05 Å². The number of rotatable bonds is 5. The first-order valence-corrected chi connectivity index (χ1v) is 7.41. The lowest BCUT2D eigenvalue weighted by atomic mass is 10.1. The number of likely N-dealkylation sites (N-methyl/N-ethyl adjacent to an activating group) is 1. The lowest BCUT2D eigenvalue weighted by Crippen LogP contribution is -2.20. The van der Waals surface area contributed by atoms with E-state index in [-0.39, 0.29) is 6.04 Å². The molecule has 1 unspecified atom stereocenters. The van der Waals surface area contributed by atoms with Gasteiger partial charge >= 0.3 is 0 Å². The maximum Gasteiger partial charge on any atom is 0.0847 e. The van der Waals surface area contributed by atoms with Crippen LogP contribution in [0.5, 0.6) is 0 Å². The molecule has 0 aliphatic carbocycles. The Morgan fingerprint density at radius 2 is 2.11 bits per heavy atom. The van der Waals surface area contributed by atoms with E-state index in [0.29, 0.717) is 0 Å². The Bertz CT molecular complexity index is 562. The number of nitrogens with one attached hydrogen (secondary N) is 1. The predicted octanol–water partition coefficient (Wildman–Crippen LogP) is 2.53. The van der Waals surface area contributed by atoms with E-state index >= 15 is 0 Å². The molecular weight excluding hydrogens is 282 g/mol. The van der Waals surface area contributed by atoms with Gasteiger partial charge in [-0.3, -0.25) is 4.68 Å². The lowest BCUT2D eigenvalue weighted by molar-refractivity contribution is 0.544. The van der Waals surface area contributed by atoms with Gasteiger partial charge in [0.05, 0.1) is 33.0 Å². The molecule has 5 nitrogen and oxygen atoms in total. The molecule has 1 N–H and O–H groups in total. The van der Waals surface area contributed by atoms with Crippen molar-refractivity contribution in [3.8, 4) is 0 Å². The minimum atomic E-state index is 0.166. The second-order valence-corrected chi connectivity index (χ2v) is 5.59. The quantitative estimate of drug-likeness (QED) is 0.922. The Morgan fingerprint density at radius 3 is 2.63 bits per heavy atom. The van der Waals surface area contributed by atoms with Crippen molar-refractivity contribution in [1.29, 1.82) is 0 Å². The van der Waals surface area contributed by atoms with Gasteiger partial charge in [0.25, 0.3) is 0 Å². The van der Waals surface area contributed by atoms with E-state index in [4.69, 9.17) is 11.6 Å². The van der Waals surface area contributed by atoms with Gasteiger partial charge in [-0.05, 0) is 39.4 Å². The van der Waals surface area contributed by atoms with Crippen LogP contribution in [-0.2, 0) is 13.0 Å². The summed E-state index contributed by atoms with van der Waals surface area (Å²) in [7, 11) is 1.94. The molecule has 0 bridgehead atoms. The maximum absolute atomic E-state index is 6.36. The van der Waals surface area contributed by atoms with Crippen molar-refractivity contribution in [3.05, 3.63) is 27.0 Å². The first-order valence-electron chi connectivity index (χ1n) is 6.26. The predicted molar refractivity (Wildman–Crippen MR) is 77.8 cm³/mol. The van der Waals surface area contributed by atoms with Gasteiger partial charge in [0, 0.05) is 13.0 Å². The fourth-order valence-electron chi connectivity index (χ4n) is 2.14. The van der Waals surface area contributed by atoms with E-state index in [1.54, 1.807) is 0 Å². The highest BCUT2D eigenvalue weighted by molar-refractivity contribution is 7.05. The van der Waals surface area contributed by atoms with E-state index in [9.17, 15) is 0 Å². The highest BCUT2D eigenvalue weighted by Crippen LogP contribution is 2.28. The molecule has 0 saturated heterocycles. The van der Waals surface area contributed by atoms with Crippen LogP contribution in [0.15, 0.2) is 0 Å². The fraction of sp³-hybridized carbons (Fsp3) is 0.583.